The Morgan fingerprint density at radius 2 is 1.82 bits per heavy atom. The van der Waals surface area contributed by atoms with Gasteiger partial charge in [-0.2, -0.15) is 0 Å². The van der Waals surface area contributed by atoms with E-state index in [0.29, 0.717) is 12.0 Å². The predicted molar refractivity (Wildman–Crippen MR) is 153 cm³/mol. The minimum atomic E-state index is -0.209. The average molecular weight is 542 g/mol. The van der Waals surface area contributed by atoms with Crippen LogP contribution >= 0.6 is 0 Å². The van der Waals surface area contributed by atoms with E-state index < -0.39 is 0 Å². The summed E-state index contributed by atoms with van der Waals surface area (Å²) in [6, 6.07) is 6.49. The van der Waals surface area contributed by atoms with Gasteiger partial charge in [0.15, 0.2) is 0 Å². The number of carbonyl (C=O) groups excluding carboxylic acids is 2. The molecule has 3 heterocycles. The van der Waals surface area contributed by atoms with Crippen LogP contribution in [0.1, 0.15) is 82.2 Å². The molecule has 0 aliphatic carbocycles. The molecular weight excluding hydrogens is 497 g/mol. The van der Waals surface area contributed by atoms with Crippen LogP contribution in [0.2, 0.25) is 0 Å². The number of imidazole rings is 1. The third-order valence-electron chi connectivity index (χ3n) is 6.13. The van der Waals surface area contributed by atoms with Crippen LogP contribution in [-0.2, 0) is 11.2 Å². The van der Waals surface area contributed by atoms with Crippen molar-refractivity contribution in [1.29, 1.82) is 0 Å². The Bertz CT molecular complexity index is 1070. The summed E-state index contributed by atoms with van der Waals surface area (Å²) in [6.07, 6.45) is 14.5. The standard InChI is InChI=1S/C16H21FN2.C8H14N2O.C4H3NO2.C2H6/c1-2-3-4-5-6-7-16-18-12-15(19-16)13-8-10-14(17)11-9-13;1-10-4-2-7(3-5-10)8(9)6-11;6-3-4-5-1-2-7-4;1-2/h8-12H,2-7H2,1H3,(H,18,19);7H,2-5,9H2,1H3;1-3H;1-2H3. The van der Waals surface area contributed by atoms with Gasteiger partial charge in [0.05, 0.1) is 23.8 Å². The minimum Gasteiger partial charge on any atom is -0.443 e. The van der Waals surface area contributed by atoms with E-state index in [2.05, 4.69) is 38.2 Å². The van der Waals surface area contributed by atoms with E-state index in [-0.39, 0.29) is 17.6 Å². The Balaban J connectivity index is 0.000000320. The molecule has 1 fully saturated rings. The molecule has 1 aliphatic heterocycles. The number of benzene rings is 1. The smallest absolute Gasteiger partial charge is 0.259 e. The molecule has 3 N–H and O–H groups in total. The summed E-state index contributed by atoms with van der Waals surface area (Å²) in [5.41, 5.74) is 7.81. The second-order valence-electron chi connectivity index (χ2n) is 9.04. The van der Waals surface area contributed by atoms with Gasteiger partial charge in [-0.15, -0.1) is 0 Å². The van der Waals surface area contributed by atoms with Crippen molar-refractivity contribution in [3.8, 4) is 11.3 Å². The van der Waals surface area contributed by atoms with Gasteiger partial charge >= 0.3 is 0 Å². The number of rotatable bonds is 9. The van der Waals surface area contributed by atoms with Crippen LogP contribution in [0.15, 0.2) is 53.0 Å². The summed E-state index contributed by atoms with van der Waals surface area (Å²) < 4.78 is 17.4. The molecule has 9 heteroatoms. The van der Waals surface area contributed by atoms with Crippen molar-refractivity contribution in [2.45, 2.75) is 72.1 Å². The lowest BCUT2D eigenvalue weighted by Gasteiger charge is -2.27. The second kappa shape index (κ2) is 20.4. The molecule has 1 saturated heterocycles. The molecule has 0 bridgehead atoms. The Kier molecular flexibility index (Phi) is 17.5. The maximum absolute atomic E-state index is 12.9. The van der Waals surface area contributed by atoms with E-state index in [1.54, 1.807) is 18.1 Å². The van der Waals surface area contributed by atoms with Crippen LogP contribution in [0, 0.1) is 11.7 Å². The fraction of sp³-hybridized carbons (Fsp3) is 0.500. The number of allylic oxidation sites excluding steroid dienone is 1. The van der Waals surface area contributed by atoms with Crippen LogP contribution in [0.5, 0.6) is 0 Å². The molecule has 0 atom stereocenters. The van der Waals surface area contributed by atoms with E-state index >= 15 is 0 Å². The number of likely N-dealkylation sites (tertiary alicyclic amines) is 1. The number of carbonyl (C=O) groups is 1. The number of hydrogen-bond donors (Lipinski definition) is 2. The molecule has 0 saturated carbocycles. The van der Waals surface area contributed by atoms with Gasteiger partial charge in [0.2, 0.25) is 6.29 Å². The highest BCUT2D eigenvalue weighted by atomic mass is 19.1. The minimum absolute atomic E-state index is 0.125. The molecule has 214 valence electrons. The van der Waals surface area contributed by atoms with Gasteiger partial charge in [0.1, 0.15) is 23.8 Å². The fourth-order valence-corrected chi connectivity index (χ4v) is 3.86. The first-order chi connectivity index (χ1) is 19.0. The molecule has 0 amide bonds. The third-order valence-corrected chi connectivity index (χ3v) is 6.13. The predicted octanol–water partition coefficient (Wildman–Crippen LogP) is 6.24. The number of aromatic amines is 1. The Hall–Kier alpha value is -3.55. The van der Waals surface area contributed by atoms with E-state index in [4.69, 9.17) is 5.73 Å². The summed E-state index contributed by atoms with van der Waals surface area (Å²) in [7, 11) is 2.08. The normalized spacial score (nSPS) is 12.9. The number of halogens is 1. The number of nitrogens with two attached hydrogens (primary N) is 1. The van der Waals surface area contributed by atoms with E-state index in [1.807, 2.05) is 20.0 Å². The summed E-state index contributed by atoms with van der Waals surface area (Å²) in [5, 5.41) is 0. The lowest BCUT2D eigenvalue weighted by atomic mass is 9.95. The molecule has 4 rings (SSSR count). The molecule has 2 aromatic heterocycles. The summed E-state index contributed by atoms with van der Waals surface area (Å²) in [5.74, 6) is 3.00. The van der Waals surface area contributed by atoms with Crippen molar-refractivity contribution < 1.29 is 18.4 Å². The highest BCUT2D eigenvalue weighted by molar-refractivity contribution is 5.66. The van der Waals surface area contributed by atoms with Crippen LogP contribution < -0.4 is 5.73 Å². The zero-order valence-corrected chi connectivity index (χ0v) is 23.8. The number of nitrogens with one attached hydrogen (secondary N) is 1. The number of hydrogen-bond acceptors (Lipinski definition) is 7. The molecule has 8 nitrogen and oxygen atoms in total. The fourth-order valence-electron chi connectivity index (χ4n) is 3.86. The number of aldehydes is 1. The number of piperidine rings is 1. The van der Waals surface area contributed by atoms with Gasteiger partial charge in [0.25, 0.3) is 5.89 Å². The molecule has 0 unspecified atom stereocenters. The molecule has 39 heavy (non-hydrogen) atoms. The largest absolute Gasteiger partial charge is 0.443 e. The first-order valence-corrected chi connectivity index (χ1v) is 13.8. The number of H-pyrrole nitrogens is 1. The molecule has 1 aliphatic rings. The number of aryl methyl sites for hydroxylation is 1. The lowest BCUT2D eigenvalue weighted by molar-refractivity contribution is 0.109. The van der Waals surface area contributed by atoms with Crippen LogP contribution in [0.3, 0.4) is 0 Å². The maximum Gasteiger partial charge on any atom is 0.259 e. The summed E-state index contributed by atoms with van der Waals surface area (Å²) in [4.78, 5) is 33.3. The van der Waals surface area contributed by atoms with Crippen molar-refractivity contribution in [3.63, 3.8) is 0 Å². The van der Waals surface area contributed by atoms with Crippen LogP contribution in [0.4, 0.5) is 4.39 Å². The Labute approximate surface area is 231 Å². The van der Waals surface area contributed by atoms with Crippen molar-refractivity contribution in [3.05, 3.63) is 66.2 Å². The quantitative estimate of drug-likeness (QED) is 0.187. The van der Waals surface area contributed by atoms with Gasteiger partial charge in [0, 0.05) is 12.3 Å². The van der Waals surface area contributed by atoms with Crippen molar-refractivity contribution in [1.82, 2.24) is 19.9 Å². The number of unbranched alkanes of at least 4 members (excludes halogenated alkanes) is 4. The molecular formula is C30H44FN5O3. The second-order valence-corrected chi connectivity index (χ2v) is 9.04. The number of oxazole rings is 1. The van der Waals surface area contributed by atoms with Gasteiger partial charge < -0.3 is 20.0 Å². The first-order valence-electron chi connectivity index (χ1n) is 13.8. The van der Waals surface area contributed by atoms with Gasteiger partial charge in [-0.25, -0.2) is 19.2 Å². The number of nitrogens with zero attached hydrogens (tertiary/aromatic N) is 3. The van der Waals surface area contributed by atoms with Gasteiger partial charge in [-0.05, 0) is 69.2 Å². The Morgan fingerprint density at radius 3 is 2.36 bits per heavy atom. The van der Waals surface area contributed by atoms with Crippen molar-refractivity contribution in [2.24, 2.45) is 11.7 Å². The maximum atomic E-state index is 12.9. The van der Waals surface area contributed by atoms with Crippen LogP contribution in [0.25, 0.3) is 11.3 Å². The zero-order chi connectivity index (χ0) is 28.9. The molecule has 0 radical (unpaired) electrons. The van der Waals surface area contributed by atoms with E-state index in [0.717, 1.165) is 49.4 Å². The van der Waals surface area contributed by atoms with Crippen molar-refractivity contribution in [2.75, 3.05) is 20.1 Å². The topological polar surface area (TPSA) is 118 Å². The molecule has 0 spiro atoms. The average Bonchev–Trinajstić information content (AvgIpc) is 3.68. The molecule has 1 aromatic carbocycles. The van der Waals surface area contributed by atoms with Crippen LogP contribution in [-0.4, -0.2) is 52.2 Å². The highest BCUT2D eigenvalue weighted by Gasteiger charge is 2.18. The number of aromatic nitrogens is 3. The monoisotopic (exact) mass is 541 g/mol. The lowest BCUT2D eigenvalue weighted by Crippen LogP contribution is -2.32. The van der Waals surface area contributed by atoms with Gasteiger partial charge in [-0.1, -0.05) is 46.5 Å². The zero-order valence-electron chi connectivity index (χ0n) is 23.8. The summed E-state index contributed by atoms with van der Waals surface area (Å²) in [6.45, 7) is 8.29. The summed E-state index contributed by atoms with van der Waals surface area (Å²) >= 11 is 0. The van der Waals surface area contributed by atoms with E-state index in [1.165, 1.54) is 56.7 Å². The highest BCUT2D eigenvalue weighted by Crippen LogP contribution is 2.19. The SMILES string of the molecule is CC.CCCCCCCc1ncc(-c2ccc(F)cc2)[nH]1.CN1CCC(C(N)=C=O)CC1.O=Cc1ncco1. The first kappa shape index (κ1) is 33.5. The van der Waals surface area contributed by atoms with Gasteiger partial charge in [-0.3, -0.25) is 4.79 Å². The van der Waals surface area contributed by atoms with E-state index in [9.17, 15) is 14.0 Å². The Morgan fingerprint density at radius 1 is 1.15 bits per heavy atom. The van der Waals surface area contributed by atoms with Crippen molar-refractivity contribution >= 4 is 12.2 Å². The molecule has 3 aromatic rings. The third kappa shape index (κ3) is 13.7.